The van der Waals surface area contributed by atoms with Gasteiger partial charge in [-0.25, -0.2) is 9.18 Å². The molecule has 1 heterocycles. The van der Waals surface area contributed by atoms with Crippen molar-refractivity contribution in [1.82, 2.24) is 0 Å². The highest BCUT2D eigenvalue weighted by molar-refractivity contribution is 7.21. The van der Waals surface area contributed by atoms with Gasteiger partial charge >= 0.3 is 5.97 Å². The Morgan fingerprint density at radius 3 is 2.79 bits per heavy atom. The highest BCUT2D eigenvalue weighted by atomic mass is 32.1. The number of carboxylic acids is 1. The zero-order chi connectivity index (χ0) is 10.3. The van der Waals surface area contributed by atoms with E-state index in [0.29, 0.717) is 10.1 Å². The third-order valence-corrected chi connectivity index (χ3v) is 2.95. The molecule has 0 unspecified atom stereocenters. The summed E-state index contributed by atoms with van der Waals surface area (Å²) in [6.07, 6.45) is 0. The zero-order valence-corrected chi connectivity index (χ0v) is 7.64. The number of hydrogen-bond acceptors (Lipinski definition) is 3. The summed E-state index contributed by atoms with van der Waals surface area (Å²) in [7, 11) is 0. The molecule has 0 fully saturated rings. The normalized spacial score (nSPS) is 10.6. The van der Waals surface area contributed by atoms with E-state index >= 15 is 0 Å². The van der Waals surface area contributed by atoms with Crippen LogP contribution in [0.15, 0.2) is 18.2 Å². The van der Waals surface area contributed by atoms with Crippen molar-refractivity contribution in [3.8, 4) is 5.75 Å². The van der Waals surface area contributed by atoms with E-state index in [1.54, 1.807) is 0 Å². The van der Waals surface area contributed by atoms with Gasteiger partial charge in [0.15, 0.2) is 4.88 Å². The maximum atomic E-state index is 12.8. The molecule has 0 amide bonds. The predicted octanol–water partition coefficient (Wildman–Crippen LogP) is 2.44. The van der Waals surface area contributed by atoms with Gasteiger partial charge in [-0.15, -0.1) is 11.3 Å². The Bertz CT molecular complexity index is 518. The first-order valence-corrected chi connectivity index (χ1v) is 4.55. The quantitative estimate of drug-likeness (QED) is 0.763. The molecule has 5 heteroatoms. The molecule has 3 nitrogen and oxygen atoms in total. The summed E-state index contributed by atoms with van der Waals surface area (Å²) in [4.78, 5) is 10.5. The SMILES string of the molecule is O=C(O)c1sc2cc(F)ccc2c1O. The second-order valence-corrected chi connectivity index (χ2v) is 3.78. The van der Waals surface area contributed by atoms with Crippen molar-refractivity contribution < 1.29 is 19.4 Å². The van der Waals surface area contributed by atoms with Crippen LogP contribution < -0.4 is 0 Å². The van der Waals surface area contributed by atoms with Crippen LogP contribution in [0.25, 0.3) is 10.1 Å². The van der Waals surface area contributed by atoms with Gasteiger partial charge in [0.05, 0.1) is 0 Å². The highest BCUT2D eigenvalue weighted by Crippen LogP contribution is 2.36. The molecular weight excluding hydrogens is 207 g/mol. The van der Waals surface area contributed by atoms with E-state index < -0.39 is 11.8 Å². The summed E-state index contributed by atoms with van der Waals surface area (Å²) in [5.41, 5.74) is 0. The molecule has 0 saturated carbocycles. The second-order valence-electron chi connectivity index (χ2n) is 2.73. The van der Waals surface area contributed by atoms with Crippen molar-refractivity contribution in [2.75, 3.05) is 0 Å². The van der Waals surface area contributed by atoms with Crippen LogP contribution in [0.1, 0.15) is 9.67 Å². The summed E-state index contributed by atoms with van der Waals surface area (Å²) in [6, 6.07) is 3.75. The summed E-state index contributed by atoms with van der Waals surface area (Å²) >= 11 is 0.857. The van der Waals surface area contributed by atoms with Gasteiger partial charge in [-0.3, -0.25) is 0 Å². The van der Waals surface area contributed by atoms with Gasteiger partial charge in [0.2, 0.25) is 0 Å². The van der Waals surface area contributed by atoms with Crippen LogP contribution in [0.5, 0.6) is 5.75 Å². The lowest BCUT2D eigenvalue weighted by molar-refractivity contribution is 0.0699. The van der Waals surface area contributed by atoms with Gasteiger partial charge < -0.3 is 10.2 Å². The van der Waals surface area contributed by atoms with Gasteiger partial charge in [0.25, 0.3) is 0 Å². The number of hydrogen-bond donors (Lipinski definition) is 2. The van der Waals surface area contributed by atoms with E-state index in [1.165, 1.54) is 18.2 Å². The smallest absolute Gasteiger partial charge is 0.349 e. The van der Waals surface area contributed by atoms with Crippen molar-refractivity contribution in [3.63, 3.8) is 0 Å². The Labute approximate surface area is 82.0 Å². The van der Waals surface area contributed by atoms with E-state index in [1.807, 2.05) is 0 Å². The van der Waals surface area contributed by atoms with Gasteiger partial charge in [0, 0.05) is 10.1 Å². The topological polar surface area (TPSA) is 57.5 Å². The summed E-state index contributed by atoms with van der Waals surface area (Å²) < 4.78 is 13.2. The Morgan fingerprint density at radius 2 is 2.14 bits per heavy atom. The minimum atomic E-state index is -1.20. The standard InChI is InChI=1S/C9H5FO3S/c10-4-1-2-5-6(3-4)14-8(7(5)11)9(12)13/h1-3,11H,(H,12,13). The van der Waals surface area contributed by atoms with Crippen LogP contribution in [0.2, 0.25) is 0 Å². The van der Waals surface area contributed by atoms with E-state index in [4.69, 9.17) is 5.11 Å². The largest absolute Gasteiger partial charge is 0.505 e. The lowest BCUT2D eigenvalue weighted by Crippen LogP contribution is -1.90. The molecule has 0 radical (unpaired) electrons. The lowest BCUT2D eigenvalue weighted by Gasteiger charge is -1.90. The Kier molecular flexibility index (Phi) is 1.89. The Morgan fingerprint density at radius 1 is 1.43 bits per heavy atom. The van der Waals surface area contributed by atoms with Gasteiger partial charge in [-0.1, -0.05) is 0 Å². The van der Waals surface area contributed by atoms with Gasteiger partial charge in [0.1, 0.15) is 11.6 Å². The molecule has 2 aromatic rings. The van der Waals surface area contributed by atoms with Crippen molar-refractivity contribution >= 4 is 27.4 Å². The maximum absolute atomic E-state index is 12.8. The lowest BCUT2D eigenvalue weighted by atomic mass is 10.2. The number of carbonyl (C=O) groups is 1. The van der Waals surface area contributed by atoms with Crippen LogP contribution in [0.3, 0.4) is 0 Å². The molecule has 1 aromatic carbocycles. The fraction of sp³-hybridized carbons (Fsp3) is 0. The highest BCUT2D eigenvalue weighted by Gasteiger charge is 2.16. The molecule has 2 N–H and O–H groups in total. The number of halogens is 1. The van der Waals surface area contributed by atoms with Crippen LogP contribution in [-0.2, 0) is 0 Å². The molecule has 2 rings (SSSR count). The van der Waals surface area contributed by atoms with Crippen LogP contribution in [0, 0.1) is 5.82 Å². The molecule has 0 atom stereocenters. The number of rotatable bonds is 1. The molecule has 0 bridgehead atoms. The number of carboxylic acid groups (broad SMARTS) is 1. The third kappa shape index (κ3) is 1.22. The average Bonchev–Trinajstić information content (AvgIpc) is 2.43. The molecule has 0 aliphatic carbocycles. The van der Waals surface area contributed by atoms with Gasteiger partial charge in [-0.2, -0.15) is 0 Å². The first-order chi connectivity index (χ1) is 6.59. The van der Waals surface area contributed by atoms with Crippen LogP contribution in [0.4, 0.5) is 4.39 Å². The predicted molar refractivity (Wildman–Crippen MR) is 50.4 cm³/mol. The average molecular weight is 212 g/mol. The number of fused-ring (bicyclic) bond motifs is 1. The van der Waals surface area contributed by atoms with Crippen molar-refractivity contribution in [2.45, 2.75) is 0 Å². The minimum Gasteiger partial charge on any atom is -0.505 e. The first-order valence-electron chi connectivity index (χ1n) is 3.74. The Hall–Kier alpha value is -1.62. The third-order valence-electron chi connectivity index (χ3n) is 1.82. The number of benzene rings is 1. The molecule has 0 aliphatic rings. The van der Waals surface area contributed by atoms with Crippen molar-refractivity contribution in [3.05, 3.63) is 28.9 Å². The number of aromatic hydroxyl groups is 1. The number of thiophene rings is 1. The fourth-order valence-electron chi connectivity index (χ4n) is 1.20. The van der Waals surface area contributed by atoms with Crippen molar-refractivity contribution in [1.29, 1.82) is 0 Å². The van der Waals surface area contributed by atoms with Crippen LogP contribution >= 0.6 is 11.3 Å². The Balaban J connectivity index is 2.79. The molecular formula is C9H5FO3S. The summed E-state index contributed by atoms with van der Waals surface area (Å²) in [6.45, 7) is 0. The summed E-state index contributed by atoms with van der Waals surface area (Å²) in [5, 5.41) is 18.5. The molecule has 1 aromatic heterocycles. The van der Waals surface area contributed by atoms with Gasteiger partial charge in [-0.05, 0) is 18.2 Å². The fourth-order valence-corrected chi connectivity index (χ4v) is 2.16. The molecule has 0 aliphatic heterocycles. The minimum absolute atomic E-state index is 0.161. The molecule has 0 saturated heterocycles. The van der Waals surface area contributed by atoms with Crippen LogP contribution in [-0.4, -0.2) is 16.2 Å². The molecule has 0 spiro atoms. The summed E-state index contributed by atoms with van der Waals surface area (Å²) in [5.74, 6) is -1.95. The monoisotopic (exact) mass is 212 g/mol. The van der Waals surface area contributed by atoms with Crippen molar-refractivity contribution in [2.24, 2.45) is 0 Å². The maximum Gasteiger partial charge on any atom is 0.349 e. The van der Waals surface area contributed by atoms with E-state index in [0.717, 1.165) is 11.3 Å². The second kappa shape index (κ2) is 2.95. The molecule has 14 heavy (non-hydrogen) atoms. The molecule has 72 valence electrons. The van der Waals surface area contributed by atoms with E-state index in [-0.39, 0.29) is 10.6 Å². The first kappa shape index (κ1) is 8.96. The number of aromatic carboxylic acids is 1. The van der Waals surface area contributed by atoms with E-state index in [9.17, 15) is 14.3 Å². The van der Waals surface area contributed by atoms with E-state index in [2.05, 4.69) is 0 Å². The zero-order valence-electron chi connectivity index (χ0n) is 6.82.